The Morgan fingerprint density at radius 1 is 1.29 bits per heavy atom. The van der Waals surface area contributed by atoms with Crippen molar-refractivity contribution in [2.75, 3.05) is 22.9 Å². The van der Waals surface area contributed by atoms with Crippen LogP contribution in [0.5, 0.6) is 0 Å². The topological polar surface area (TPSA) is 46.3 Å². The smallest absolute Gasteiger partial charge is 0.237 e. The molecule has 0 aromatic heterocycles. The van der Waals surface area contributed by atoms with Crippen LogP contribution < -0.4 is 10.6 Å². The van der Waals surface area contributed by atoms with Crippen LogP contribution in [0, 0.1) is 0 Å². The van der Waals surface area contributed by atoms with Gasteiger partial charge in [0.1, 0.15) is 0 Å². The summed E-state index contributed by atoms with van der Waals surface area (Å²) in [5.41, 5.74) is 8.94. The lowest BCUT2D eigenvalue weighted by Gasteiger charge is -2.17. The van der Waals surface area contributed by atoms with Gasteiger partial charge in [-0.15, -0.1) is 11.8 Å². The maximum absolute atomic E-state index is 12.4. The van der Waals surface area contributed by atoms with E-state index in [1.165, 1.54) is 17.3 Å². The fraction of sp³-hybridized carbons (Fsp3) is 0.188. The third-order valence-corrected chi connectivity index (χ3v) is 5.06. The van der Waals surface area contributed by atoms with Gasteiger partial charge < -0.3 is 10.6 Å². The largest absolute Gasteiger partial charge is 0.398 e. The van der Waals surface area contributed by atoms with Gasteiger partial charge in [0.05, 0.1) is 5.75 Å². The van der Waals surface area contributed by atoms with Crippen molar-refractivity contribution in [3.8, 4) is 0 Å². The van der Waals surface area contributed by atoms with Crippen molar-refractivity contribution >= 4 is 45.0 Å². The van der Waals surface area contributed by atoms with E-state index in [0.29, 0.717) is 11.4 Å². The van der Waals surface area contributed by atoms with Crippen molar-refractivity contribution < 1.29 is 4.79 Å². The molecule has 21 heavy (non-hydrogen) atoms. The van der Waals surface area contributed by atoms with E-state index in [4.69, 9.17) is 5.73 Å². The second kappa shape index (κ2) is 6.12. The molecule has 0 atom stereocenters. The Balaban J connectivity index is 1.69. The van der Waals surface area contributed by atoms with Crippen LogP contribution in [0.2, 0.25) is 0 Å². The summed E-state index contributed by atoms with van der Waals surface area (Å²) in [4.78, 5) is 15.2. The van der Waals surface area contributed by atoms with E-state index in [1.807, 2.05) is 41.3 Å². The first-order valence-electron chi connectivity index (χ1n) is 6.71. The van der Waals surface area contributed by atoms with Gasteiger partial charge in [-0.05, 0) is 36.2 Å². The Labute approximate surface area is 136 Å². The number of benzene rings is 2. The van der Waals surface area contributed by atoms with Crippen LogP contribution in [0.15, 0.2) is 51.8 Å². The Hall–Kier alpha value is -1.46. The lowest BCUT2D eigenvalue weighted by Crippen LogP contribution is -2.30. The Kier molecular flexibility index (Phi) is 4.22. The molecule has 0 bridgehead atoms. The monoisotopic (exact) mass is 362 g/mol. The zero-order chi connectivity index (χ0) is 14.8. The summed E-state index contributed by atoms with van der Waals surface area (Å²) in [6.45, 7) is 0.771. The zero-order valence-corrected chi connectivity index (χ0v) is 13.8. The van der Waals surface area contributed by atoms with E-state index >= 15 is 0 Å². The van der Waals surface area contributed by atoms with Crippen molar-refractivity contribution in [1.82, 2.24) is 0 Å². The number of carbonyl (C=O) groups is 1. The minimum absolute atomic E-state index is 0.129. The maximum atomic E-state index is 12.4. The van der Waals surface area contributed by atoms with E-state index in [0.717, 1.165) is 28.0 Å². The standard InChI is InChI=1S/C16H15BrN2OS/c17-12-5-6-13(18)15(9-12)21-10-16(20)19-8-7-11-3-1-2-4-14(11)19/h1-6,9H,7-8,10,18H2. The molecule has 0 fully saturated rings. The molecule has 5 heteroatoms. The summed E-state index contributed by atoms with van der Waals surface area (Å²) in [6.07, 6.45) is 0.936. The molecule has 0 radical (unpaired) electrons. The lowest BCUT2D eigenvalue weighted by atomic mass is 10.2. The highest BCUT2D eigenvalue weighted by Gasteiger charge is 2.23. The van der Waals surface area contributed by atoms with Gasteiger partial charge in [-0.3, -0.25) is 4.79 Å². The van der Waals surface area contributed by atoms with Gasteiger partial charge in [0.25, 0.3) is 0 Å². The number of halogens is 1. The first-order valence-corrected chi connectivity index (χ1v) is 8.49. The molecule has 2 N–H and O–H groups in total. The maximum Gasteiger partial charge on any atom is 0.237 e. The third kappa shape index (κ3) is 3.09. The van der Waals surface area contributed by atoms with Gasteiger partial charge in [0, 0.05) is 27.3 Å². The molecule has 0 spiro atoms. The first-order chi connectivity index (χ1) is 10.1. The molecule has 2 aromatic carbocycles. The SMILES string of the molecule is Nc1ccc(Br)cc1SCC(=O)N1CCc2ccccc21. The Morgan fingerprint density at radius 2 is 2.10 bits per heavy atom. The highest BCUT2D eigenvalue weighted by Crippen LogP contribution is 2.31. The fourth-order valence-corrected chi connectivity index (χ4v) is 3.84. The first kappa shape index (κ1) is 14.5. The van der Waals surface area contributed by atoms with Gasteiger partial charge >= 0.3 is 0 Å². The van der Waals surface area contributed by atoms with Gasteiger partial charge in [-0.25, -0.2) is 0 Å². The predicted molar refractivity (Wildman–Crippen MR) is 91.8 cm³/mol. The predicted octanol–water partition coefficient (Wildman–Crippen LogP) is 3.71. The fourth-order valence-electron chi connectivity index (χ4n) is 2.45. The number of anilines is 2. The quantitative estimate of drug-likeness (QED) is 0.668. The summed E-state index contributed by atoms with van der Waals surface area (Å²) < 4.78 is 0.971. The van der Waals surface area contributed by atoms with E-state index < -0.39 is 0 Å². The van der Waals surface area contributed by atoms with Crippen LogP contribution in [0.1, 0.15) is 5.56 Å². The molecule has 0 saturated carbocycles. The number of nitrogen functional groups attached to an aromatic ring is 1. The Bertz CT molecular complexity index is 690. The van der Waals surface area contributed by atoms with Crippen molar-refractivity contribution in [2.24, 2.45) is 0 Å². The number of hydrogen-bond acceptors (Lipinski definition) is 3. The van der Waals surface area contributed by atoms with Gasteiger partial charge in [0.15, 0.2) is 0 Å². The normalized spacial score (nSPS) is 13.3. The minimum Gasteiger partial charge on any atom is -0.398 e. The van der Waals surface area contributed by atoms with E-state index in [2.05, 4.69) is 22.0 Å². The number of nitrogens with zero attached hydrogens (tertiary/aromatic N) is 1. The molecule has 0 unspecified atom stereocenters. The van der Waals surface area contributed by atoms with Crippen molar-refractivity contribution in [1.29, 1.82) is 0 Å². The van der Waals surface area contributed by atoms with Crippen LogP contribution in [0.25, 0.3) is 0 Å². The molecule has 1 heterocycles. The third-order valence-electron chi connectivity index (χ3n) is 3.51. The van der Waals surface area contributed by atoms with Gasteiger partial charge in [-0.1, -0.05) is 34.1 Å². The summed E-state index contributed by atoms with van der Waals surface area (Å²) in [7, 11) is 0. The highest BCUT2D eigenvalue weighted by molar-refractivity contribution is 9.10. The molecule has 2 aromatic rings. The summed E-state index contributed by atoms with van der Waals surface area (Å²) >= 11 is 4.91. The molecular formula is C16H15BrN2OS. The number of para-hydroxylation sites is 1. The number of hydrogen-bond donors (Lipinski definition) is 1. The van der Waals surface area contributed by atoms with E-state index in [1.54, 1.807) is 0 Å². The molecular weight excluding hydrogens is 348 g/mol. The molecule has 1 aliphatic rings. The average Bonchev–Trinajstić information content (AvgIpc) is 2.92. The molecule has 108 valence electrons. The lowest BCUT2D eigenvalue weighted by molar-refractivity contribution is -0.116. The van der Waals surface area contributed by atoms with Crippen LogP contribution in [-0.4, -0.2) is 18.2 Å². The number of nitrogens with two attached hydrogens (primary N) is 1. The molecule has 0 aliphatic carbocycles. The molecule has 1 amide bonds. The number of amides is 1. The molecule has 3 nitrogen and oxygen atoms in total. The highest BCUT2D eigenvalue weighted by atomic mass is 79.9. The molecule has 0 saturated heterocycles. The summed E-state index contributed by atoms with van der Waals surface area (Å²) in [5.74, 6) is 0.527. The molecule has 3 rings (SSSR count). The summed E-state index contributed by atoms with van der Waals surface area (Å²) in [5, 5.41) is 0. The van der Waals surface area contributed by atoms with E-state index in [-0.39, 0.29) is 5.91 Å². The van der Waals surface area contributed by atoms with Crippen LogP contribution >= 0.6 is 27.7 Å². The van der Waals surface area contributed by atoms with Crippen LogP contribution in [0.4, 0.5) is 11.4 Å². The van der Waals surface area contributed by atoms with Crippen molar-refractivity contribution in [2.45, 2.75) is 11.3 Å². The second-order valence-electron chi connectivity index (χ2n) is 4.89. The van der Waals surface area contributed by atoms with Gasteiger partial charge in [-0.2, -0.15) is 0 Å². The van der Waals surface area contributed by atoms with Crippen LogP contribution in [-0.2, 0) is 11.2 Å². The minimum atomic E-state index is 0.129. The molecule has 1 aliphatic heterocycles. The second-order valence-corrected chi connectivity index (χ2v) is 6.83. The van der Waals surface area contributed by atoms with Crippen molar-refractivity contribution in [3.63, 3.8) is 0 Å². The number of fused-ring (bicyclic) bond motifs is 1. The number of thioether (sulfide) groups is 1. The van der Waals surface area contributed by atoms with Crippen LogP contribution in [0.3, 0.4) is 0 Å². The average molecular weight is 363 g/mol. The summed E-state index contributed by atoms with van der Waals surface area (Å²) in [6, 6.07) is 13.8. The number of carbonyl (C=O) groups excluding carboxylic acids is 1. The van der Waals surface area contributed by atoms with Crippen molar-refractivity contribution in [3.05, 3.63) is 52.5 Å². The zero-order valence-electron chi connectivity index (χ0n) is 11.4. The Morgan fingerprint density at radius 3 is 2.95 bits per heavy atom. The van der Waals surface area contributed by atoms with Gasteiger partial charge in [0.2, 0.25) is 5.91 Å². The van der Waals surface area contributed by atoms with E-state index in [9.17, 15) is 4.79 Å². The number of rotatable bonds is 3.